The third-order valence-electron chi connectivity index (χ3n) is 3.42. The molecule has 1 aromatic rings. The third-order valence-corrected chi connectivity index (χ3v) is 3.42. The van der Waals surface area contributed by atoms with Crippen LogP contribution in [-0.2, 0) is 17.8 Å². The summed E-state index contributed by atoms with van der Waals surface area (Å²) in [7, 11) is 4.12. The van der Waals surface area contributed by atoms with Crippen LogP contribution >= 0.6 is 0 Å². The lowest BCUT2D eigenvalue weighted by Gasteiger charge is -2.10. The highest BCUT2D eigenvalue weighted by molar-refractivity contribution is 5.26. The fraction of sp³-hybridized carbons (Fsp3) is 0.733. The topological polar surface area (TPSA) is 29.4 Å². The normalized spacial score (nSPS) is 11.5. The summed E-state index contributed by atoms with van der Waals surface area (Å²) in [6.07, 6.45) is 0. The number of ether oxygens (including phenoxy) is 1. The molecule has 1 heterocycles. The zero-order valence-corrected chi connectivity index (χ0v) is 13.1. The number of hydrogen-bond donors (Lipinski definition) is 1. The molecule has 0 saturated heterocycles. The zero-order valence-electron chi connectivity index (χ0n) is 13.1. The van der Waals surface area contributed by atoms with Crippen molar-refractivity contribution in [2.24, 2.45) is 0 Å². The summed E-state index contributed by atoms with van der Waals surface area (Å²) in [4.78, 5) is 2.13. The van der Waals surface area contributed by atoms with E-state index in [1.165, 1.54) is 17.0 Å². The van der Waals surface area contributed by atoms with E-state index in [2.05, 4.69) is 55.7 Å². The SMILES string of the molecule is CCn1c(C)cc(CNCCOCCN(C)C)c1C. The van der Waals surface area contributed by atoms with Crippen LogP contribution in [0.4, 0.5) is 0 Å². The maximum atomic E-state index is 5.55. The molecule has 1 rings (SSSR count). The quantitative estimate of drug-likeness (QED) is 0.692. The number of aromatic nitrogens is 1. The van der Waals surface area contributed by atoms with Crippen LogP contribution in [0.5, 0.6) is 0 Å². The Morgan fingerprint density at radius 3 is 2.58 bits per heavy atom. The van der Waals surface area contributed by atoms with Gasteiger partial charge in [-0.05, 0) is 46.5 Å². The lowest BCUT2D eigenvalue weighted by molar-refractivity contribution is 0.119. The molecule has 110 valence electrons. The molecule has 0 bridgehead atoms. The van der Waals surface area contributed by atoms with Crippen molar-refractivity contribution >= 4 is 0 Å². The van der Waals surface area contributed by atoms with Crippen LogP contribution in [0, 0.1) is 13.8 Å². The molecule has 0 spiro atoms. The van der Waals surface area contributed by atoms with Crippen LogP contribution in [0.15, 0.2) is 6.07 Å². The van der Waals surface area contributed by atoms with E-state index in [0.29, 0.717) is 0 Å². The second kappa shape index (κ2) is 8.35. The van der Waals surface area contributed by atoms with Gasteiger partial charge in [-0.15, -0.1) is 0 Å². The molecule has 19 heavy (non-hydrogen) atoms. The van der Waals surface area contributed by atoms with Gasteiger partial charge in [0.2, 0.25) is 0 Å². The largest absolute Gasteiger partial charge is 0.379 e. The summed E-state index contributed by atoms with van der Waals surface area (Å²) in [6.45, 7) is 12.0. The van der Waals surface area contributed by atoms with Gasteiger partial charge in [0.25, 0.3) is 0 Å². The molecule has 0 saturated carbocycles. The second-order valence-electron chi connectivity index (χ2n) is 5.23. The summed E-state index contributed by atoms with van der Waals surface area (Å²) < 4.78 is 7.91. The number of hydrogen-bond acceptors (Lipinski definition) is 3. The number of likely N-dealkylation sites (N-methyl/N-ethyl adjacent to an activating group) is 1. The first kappa shape index (κ1) is 16.2. The van der Waals surface area contributed by atoms with Gasteiger partial charge in [0, 0.05) is 37.6 Å². The minimum Gasteiger partial charge on any atom is -0.379 e. The minimum atomic E-state index is 0.778. The fourth-order valence-corrected chi connectivity index (χ4v) is 2.25. The van der Waals surface area contributed by atoms with E-state index >= 15 is 0 Å². The van der Waals surface area contributed by atoms with E-state index in [1.54, 1.807) is 0 Å². The molecule has 0 aromatic carbocycles. The van der Waals surface area contributed by atoms with Crippen LogP contribution in [0.3, 0.4) is 0 Å². The smallest absolute Gasteiger partial charge is 0.0593 e. The summed E-state index contributed by atoms with van der Waals surface area (Å²) in [5.41, 5.74) is 4.12. The van der Waals surface area contributed by atoms with Crippen LogP contribution in [0.2, 0.25) is 0 Å². The molecule has 0 atom stereocenters. The average molecular weight is 267 g/mol. The van der Waals surface area contributed by atoms with Gasteiger partial charge in [0.1, 0.15) is 0 Å². The molecule has 4 nitrogen and oxygen atoms in total. The first-order valence-corrected chi connectivity index (χ1v) is 7.15. The van der Waals surface area contributed by atoms with Crippen molar-refractivity contribution < 1.29 is 4.74 Å². The number of rotatable bonds is 9. The third kappa shape index (κ3) is 5.35. The second-order valence-corrected chi connectivity index (χ2v) is 5.23. The Balaban J connectivity index is 2.19. The van der Waals surface area contributed by atoms with Crippen LogP contribution in [-0.4, -0.2) is 49.9 Å². The first-order valence-electron chi connectivity index (χ1n) is 7.15. The van der Waals surface area contributed by atoms with Gasteiger partial charge < -0.3 is 19.5 Å². The Kier molecular flexibility index (Phi) is 7.13. The van der Waals surface area contributed by atoms with Gasteiger partial charge in [-0.25, -0.2) is 0 Å². The molecule has 0 aliphatic heterocycles. The summed E-state index contributed by atoms with van der Waals surface area (Å²) in [6, 6.07) is 2.28. The molecule has 1 aromatic heterocycles. The Morgan fingerprint density at radius 1 is 1.26 bits per heavy atom. The van der Waals surface area contributed by atoms with Gasteiger partial charge in [-0.1, -0.05) is 0 Å². The van der Waals surface area contributed by atoms with Crippen molar-refractivity contribution in [3.05, 3.63) is 23.0 Å². The highest BCUT2D eigenvalue weighted by atomic mass is 16.5. The molecular formula is C15H29N3O. The van der Waals surface area contributed by atoms with E-state index in [0.717, 1.165) is 39.4 Å². The molecule has 1 N–H and O–H groups in total. The van der Waals surface area contributed by atoms with E-state index < -0.39 is 0 Å². The summed E-state index contributed by atoms with van der Waals surface area (Å²) in [5.74, 6) is 0. The predicted octanol–water partition coefficient (Wildman–Crippen LogP) is 1.79. The molecule has 0 radical (unpaired) electrons. The summed E-state index contributed by atoms with van der Waals surface area (Å²) >= 11 is 0. The Morgan fingerprint density at radius 2 is 2.00 bits per heavy atom. The Labute approximate surface area is 117 Å². The molecule has 0 unspecified atom stereocenters. The van der Waals surface area contributed by atoms with Gasteiger partial charge >= 0.3 is 0 Å². The molecule has 0 fully saturated rings. The lowest BCUT2D eigenvalue weighted by atomic mass is 10.2. The van der Waals surface area contributed by atoms with Gasteiger partial charge in [0.15, 0.2) is 0 Å². The van der Waals surface area contributed by atoms with Gasteiger partial charge in [-0.3, -0.25) is 0 Å². The predicted molar refractivity (Wildman–Crippen MR) is 80.7 cm³/mol. The maximum absolute atomic E-state index is 5.55. The Hall–Kier alpha value is -0.840. The van der Waals surface area contributed by atoms with E-state index in [1.807, 2.05) is 0 Å². The van der Waals surface area contributed by atoms with E-state index in [-0.39, 0.29) is 0 Å². The Bertz CT molecular complexity index is 372. The van der Waals surface area contributed by atoms with E-state index in [4.69, 9.17) is 4.74 Å². The van der Waals surface area contributed by atoms with Gasteiger partial charge in [0.05, 0.1) is 13.2 Å². The zero-order chi connectivity index (χ0) is 14.3. The summed E-state index contributed by atoms with van der Waals surface area (Å²) in [5, 5.41) is 3.44. The fourth-order valence-electron chi connectivity index (χ4n) is 2.25. The highest BCUT2D eigenvalue weighted by Crippen LogP contribution is 2.14. The molecular weight excluding hydrogens is 238 g/mol. The molecule has 0 aliphatic rings. The van der Waals surface area contributed by atoms with Crippen molar-refractivity contribution in [1.82, 2.24) is 14.8 Å². The minimum absolute atomic E-state index is 0.778. The lowest BCUT2D eigenvalue weighted by Crippen LogP contribution is -2.23. The molecule has 0 amide bonds. The maximum Gasteiger partial charge on any atom is 0.0593 e. The van der Waals surface area contributed by atoms with Crippen molar-refractivity contribution in [3.8, 4) is 0 Å². The first-order chi connectivity index (χ1) is 9.06. The standard InChI is InChI=1S/C15H29N3O/c1-6-18-13(2)11-15(14(18)3)12-16-7-9-19-10-8-17(4)5/h11,16H,6-10,12H2,1-5H3. The van der Waals surface area contributed by atoms with Crippen LogP contribution in [0.1, 0.15) is 23.9 Å². The van der Waals surface area contributed by atoms with Crippen molar-refractivity contribution in [2.75, 3.05) is 40.4 Å². The van der Waals surface area contributed by atoms with E-state index in [9.17, 15) is 0 Å². The van der Waals surface area contributed by atoms with Gasteiger partial charge in [-0.2, -0.15) is 0 Å². The number of nitrogens with one attached hydrogen (secondary N) is 1. The monoisotopic (exact) mass is 267 g/mol. The van der Waals surface area contributed by atoms with Crippen LogP contribution in [0.25, 0.3) is 0 Å². The van der Waals surface area contributed by atoms with Crippen LogP contribution < -0.4 is 5.32 Å². The molecule has 0 aliphatic carbocycles. The highest BCUT2D eigenvalue weighted by Gasteiger charge is 2.06. The number of nitrogens with zero attached hydrogens (tertiary/aromatic N) is 2. The van der Waals surface area contributed by atoms with Crippen molar-refractivity contribution in [3.63, 3.8) is 0 Å². The van der Waals surface area contributed by atoms with Crippen molar-refractivity contribution in [1.29, 1.82) is 0 Å². The molecule has 4 heteroatoms. The number of aryl methyl sites for hydroxylation is 1. The van der Waals surface area contributed by atoms with Crippen molar-refractivity contribution in [2.45, 2.75) is 33.9 Å². The average Bonchev–Trinajstić information content (AvgIpc) is 2.62.